The number of nitrogens with two attached hydrogens (primary N) is 1. The van der Waals surface area contributed by atoms with Gasteiger partial charge in [-0.05, 0) is 30.5 Å². The second-order valence-corrected chi connectivity index (χ2v) is 4.16. The third-order valence-electron chi connectivity index (χ3n) is 3.23. The van der Waals surface area contributed by atoms with E-state index in [4.69, 9.17) is 11.1 Å². The van der Waals surface area contributed by atoms with E-state index in [1.54, 1.807) is 0 Å². The molecule has 2 rings (SSSR count). The molecule has 1 aromatic rings. The van der Waals surface area contributed by atoms with Crippen molar-refractivity contribution in [3.05, 3.63) is 58.7 Å². The zero-order valence-corrected chi connectivity index (χ0v) is 17.6. The predicted molar refractivity (Wildman–Crippen MR) is 68.0 cm³/mol. The fraction of sp³-hybridized carbons (Fsp3) is 0.214. The maximum Gasteiger partial charge on any atom is 2.00 e. The number of rotatable bonds is 2. The van der Waals surface area contributed by atoms with Crippen molar-refractivity contribution < 1.29 is 59.8 Å². The molecule has 0 spiro atoms. The van der Waals surface area contributed by atoms with Crippen molar-refractivity contribution in [1.82, 2.24) is 0 Å². The number of halogens is 2. The zero-order valence-electron chi connectivity index (χ0n) is 10.9. The first-order valence-corrected chi connectivity index (χ1v) is 5.40. The van der Waals surface area contributed by atoms with Gasteiger partial charge in [-0.25, -0.2) is 0 Å². The molecule has 1 aromatic carbocycles. The molecule has 0 unspecified atom stereocenters. The maximum atomic E-state index is 7.50. The molecule has 100 valence electrons. The van der Waals surface area contributed by atoms with Crippen LogP contribution in [0.25, 0.3) is 0 Å². The number of nitrogen functional groups attached to an aromatic ring is 1. The number of allylic oxidation sites excluding steroid dienone is 4. The zero-order chi connectivity index (χ0) is 11.7. The van der Waals surface area contributed by atoms with Gasteiger partial charge in [-0.15, -0.1) is 0 Å². The molecule has 2 nitrogen and oxygen atoms in total. The predicted octanol–water partition coefficient (Wildman–Crippen LogP) is -3.20. The number of benzene rings is 1. The van der Waals surface area contributed by atoms with E-state index in [9.17, 15) is 0 Å². The first kappa shape index (κ1) is 21.3. The quantitative estimate of drug-likeness (QED) is 0.228. The number of nitrogens with one attached hydrogen (secondary N) is 1. The van der Waals surface area contributed by atoms with Crippen LogP contribution in [0.2, 0.25) is 0 Å². The Labute approximate surface area is 154 Å². The van der Waals surface area contributed by atoms with Crippen LogP contribution in [0.3, 0.4) is 0 Å². The van der Waals surface area contributed by atoms with Crippen LogP contribution >= 0.6 is 0 Å². The van der Waals surface area contributed by atoms with Gasteiger partial charge in [0.2, 0.25) is 0 Å². The molecule has 0 radical (unpaired) electrons. The molecule has 0 atom stereocenters. The molecule has 1 aliphatic rings. The van der Waals surface area contributed by atoms with E-state index in [2.05, 4.69) is 37.3 Å². The number of hydrogen-bond donors (Lipinski definition) is 2. The van der Waals surface area contributed by atoms with Gasteiger partial charge in [0.1, 0.15) is 5.84 Å². The molecule has 1 aliphatic carbocycles. The third kappa shape index (κ3) is 4.50. The summed E-state index contributed by atoms with van der Waals surface area (Å²) in [6, 6.07) is 4.02. The minimum atomic E-state index is 0. The standard InChI is InChI=1S/C14H16N2.2BrH.Hf/c1-9-10(2)13(14(15)16)8-7-12(9)11-5-3-4-6-11;;;/h3-8,11H,1-2H3,(H3,15,16);2*1H;/q;;;+2/p-2. The van der Waals surface area contributed by atoms with E-state index in [0.29, 0.717) is 5.92 Å². The molecule has 0 aliphatic heterocycles. The molecule has 3 N–H and O–H groups in total. The van der Waals surface area contributed by atoms with Crippen molar-refractivity contribution in [2.24, 2.45) is 5.73 Å². The minimum absolute atomic E-state index is 0. The van der Waals surface area contributed by atoms with Crippen LogP contribution in [0.15, 0.2) is 36.4 Å². The average molecular weight is 551 g/mol. The van der Waals surface area contributed by atoms with E-state index >= 15 is 0 Å². The van der Waals surface area contributed by atoms with E-state index in [-0.39, 0.29) is 65.6 Å². The van der Waals surface area contributed by atoms with Gasteiger partial charge in [-0.2, -0.15) is 0 Å². The van der Waals surface area contributed by atoms with E-state index in [1.165, 1.54) is 11.1 Å². The summed E-state index contributed by atoms with van der Waals surface area (Å²) in [4.78, 5) is 0. The van der Waals surface area contributed by atoms with Crippen molar-refractivity contribution >= 4 is 5.84 Å². The second-order valence-electron chi connectivity index (χ2n) is 4.16. The molecule has 5 heteroatoms. The molecular weight excluding hydrogens is 534 g/mol. The summed E-state index contributed by atoms with van der Waals surface area (Å²) in [6.07, 6.45) is 8.49. The van der Waals surface area contributed by atoms with Crippen LogP contribution in [-0.2, 0) is 25.8 Å². The molecule has 0 fully saturated rings. The summed E-state index contributed by atoms with van der Waals surface area (Å²) in [5.41, 5.74) is 10.0. The Morgan fingerprint density at radius 1 is 1.05 bits per heavy atom. The number of amidine groups is 1. The molecule has 0 saturated carbocycles. The molecular formula is C14H16Br2HfN2. The van der Waals surface area contributed by atoms with E-state index in [1.807, 2.05) is 13.0 Å². The fourth-order valence-electron chi connectivity index (χ4n) is 2.13. The smallest absolute Gasteiger partial charge is 1.00 e. The summed E-state index contributed by atoms with van der Waals surface area (Å²) in [7, 11) is 0. The molecule has 0 aromatic heterocycles. The monoisotopic (exact) mass is 550 g/mol. The van der Waals surface area contributed by atoms with Crippen molar-refractivity contribution in [3.8, 4) is 0 Å². The van der Waals surface area contributed by atoms with Crippen LogP contribution in [0.4, 0.5) is 0 Å². The van der Waals surface area contributed by atoms with Crippen molar-refractivity contribution in [2.45, 2.75) is 19.8 Å². The SMILES string of the molecule is Cc1c(C(=N)N)ccc(C2C=CC=C2)c1C.[Br-].[Br-].[Hf+2]. The second kappa shape index (κ2) is 9.03. The topological polar surface area (TPSA) is 49.9 Å². The molecule has 0 saturated heterocycles. The van der Waals surface area contributed by atoms with Gasteiger partial charge < -0.3 is 39.7 Å². The van der Waals surface area contributed by atoms with Crippen LogP contribution in [0.5, 0.6) is 0 Å². The van der Waals surface area contributed by atoms with Crippen LogP contribution in [0.1, 0.15) is 28.2 Å². The third-order valence-corrected chi connectivity index (χ3v) is 3.23. The fourth-order valence-corrected chi connectivity index (χ4v) is 2.13. The first-order chi connectivity index (χ1) is 7.61. The van der Waals surface area contributed by atoms with Gasteiger partial charge in [0, 0.05) is 11.5 Å². The average Bonchev–Trinajstić information content (AvgIpc) is 2.74. The van der Waals surface area contributed by atoms with Crippen molar-refractivity contribution in [2.75, 3.05) is 0 Å². The largest absolute Gasteiger partial charge is 2.00 e. The Kier molecular flexibility index (Phi) is 10.1. The normalized spacial score (nSPS) is 12.3. The Hall–Kier alpha value is 0.000130. The van der Waals surface area contributed by atoms with Crippen LogP contribution in [0, 0.1) is 19.3 Å². The van der Waals surface area contributed by atoms with Gasteiger partial charge >= 0.3 is 25.8 Å². The number of hydrogen-bond acceptors (Lipinski definition) is 1. The van der Waals surface area contributed by atoms with Gasteiger partial charge in [-0.3, -0.25) is 5.41 Å². The maximum absolute atomic E-state index is 7.50. The molecule has 0 amide bonds. The summed E-state index contributed by atoms with van der Waals surface area (Å²) in [5, 5.41) is 7.50. The van der Waals surface area contributed by atoms with Crippen LogP contribution in [-0.4, -0.2) is 5.84 Å². The Morgan fingerprint density at radius 2 is 1.58 bits per heavy atom. The molecule has 19 heavy (non-hydrogen) atoms. The van der Waals surface area contributed by atoms with Gasteiger partial charge in [0.15, 0.2) is 0 Å². The van der Waals surface area contributed by atoms with Crippen molar-refractivity contribution in [3.63, 3.8) is 0 Å². The van der Waals surface area contributed by atoms with E-state index in [0.717, 1.165) is 11.1 Å². The Balaban J connectivity index is 0. The molecule has 0 bridgehead atoms. The van der Waals surface area contributed by atoms with E-state index < -0.39 is 0 Å². The van der Waals surface area contributed by atoms with Gasteiger partial charge in [0.25, 0.3) is 0 Å². The Morgan fingerprint density at radius 3 is 2.05 bits per heavy atom. The minimum Gasteiger partial charge on any atom is -1.00 e. The summed E-state index contributed by atoms with van der Waals surface area (Å²) in [6.45, 7) is 4.12. The Bertz CT molecular complexity index is 498. The van der Waals surface area contributed by atoms with Gasteiger partial charge in [0.05, 0.1) is 0 Å². The summed E-state index contributed by atoms with van der Waals surface area (Å²) in [5.74, 6) is 0.518. The van der Waals surface area contributed by atoms with Gasteiger partial charge in [-0.1, -0.05) is 36.4 Å². The summed E-state index contributed by atoms with van der Waals surface area (Å²) < 4.78 is 0. The van der Waals surface area contributed by atoms with Crippen LogP contribution < -0.4 is 39.7 Å². The molecule has 0 heterocycles. The van der Waals surface area contributed by atoms with Crippen molar-refractivity contribution in [1.29, 1.82) is 5.41 Å². The summed E-state index contributed by atoms with van der Waals surface area (Å²) >= 11 is 0. The first-order valence-electron chi connectivity index (χ1n) is 5.40.